The smallest absolute Gasteiger partial charge is 0.111 e. The molecule has 1 aliphatic rings. The highest BCUT2D eigenvalue weighted by atomic mass is 79.9. The van der Waals surface area contributed by atoms with Gasteiger partial charge in [0.25, 0.3) is 0 Å². The summed E-state index contributed by atoms with van der Waals surface area (Å²) in [6, 6.07) is 0. The third-order valence-electron chi connectivity index (χ3n) is 3.31. The second-order valence-corrected chi connectivity index (χ2v) is 5.68. The molecule has 1 aromatic rings. The van der Waals surface area contributed by atoms with Crippen LogP contribution in [0.4, 0.5) is 0 Å². The molecule has 15 heavy (non-hydrogen) atoms. The SMILES string of the molecule is CCn1ccnc1C1CCCCC(Br)C1. The van der Waals surface area contributed by atoms with Gasteiger partial charge in [0.15, 0.2) is 0 Å². The first kappa shape index (κ1) is 11.2. The molecule has 0 aromatic carbocycles. The van der Waals surface area contributed by atoms with Crippen molar-refractivity contribution >= 4 is 15.9 Å². The normalized spacial score (nSPS) is 27.6. The minimum Gasteiger partial charge on any atom is -0.335 e. The van der Waals surface area contributed by atoms with E-state index in [-0.39, 0.29) is 0 Å². The second-order valence-electron chi connectivity index (χ2n) is 4.39. The first-order valence-electron chi connectivity index (χ1n) is 5.96. The van der Waals surface area contributed by atoms with Crippen LogP contribution in [0.5, 0.6) is 0 Å². The molecule has 0 N–H and O–H groups in total. The summed E-state index contributed by atoms with van der Waals surface area (Å²) in [4.78, 5) is 5.22. The van der Waals surface area contributed by atoms with Crippen molar-refractivity contribution in [2.45, 2.75) is 56.3 Å². The zero-order chi connectivity index (χ0) is 10.7. The van der Waals surface area contributed by atoms with Crippen LogP contribution in [0.3, 0.4) is 0 Å². The van der Waals surface area contributed by atoms with Gasteiger partial charge in [-0.2, -0.15) is 0 Å². The van der Waals surface area contributed by atoms with Gasteiger partial charge in [0.1, 0.15) is 5.82 Å². The molecule has 84 valence electrons. The maximum absolute atomic E-state index is 4.53. The van der Waals surface area contributed by atoms with E-state index in [1.54, 1.807) is 0 Å². The van der Waals surface area contributed by atoms with E-state index in [1.807, 2.05) is 6.20 Å². The van der Waals surface area contributed by atoms with E-state index in [9.17, 15) is 0 Å². The Kier molecular flexibility index (Phi) is 3.84. The number of rotatable bonds is 2. The number of aryl methyl sites for hydroxylation is 1. The molecule has 1 fully saturated rings. The van der Waals surface area contributed by atoms with Crippen molar-refractivity contribution in [3.63, 3.8) is 0 Å². The Balaban J connectivity index is 2.14. The second kappa shape index (κ2) is 5.15. The highest BCUT2D eigenvalue weighted by Crippen LogP contribution is 2.33. The number of imidazole rings is 1. The van der Waals surface area contributed by atoms with Crippen molar-refractivity contribution in [2.75, 3.05) is 0 Å². The Morgan fingerprint density at radius 2 is 2.27 bits per heavy atom. The molecule has 0 spiro atoms. The quantitative estimate of drug-likeness (QED) is 0.592. The fourth-order valence-corrected chi connectivity index (χ4v) is 3.26. The fraction of sp³-hybridized carbons (Fsp3) is 0.750. The molecule has 2 atom stereocenters. The van der Waals surface area contributed by atoms with Gasteiger partial charge in [-0.25, -0.2) is 4.98 Å². The first-order chi connectivity index (χ1) is 7.31. The summed E-state index contributed by atoms with van der Waals surface area (Å²) in [7, 11) is 0. The molecule has 0 aliphatic heterocycles. The van der Waals surface area contributed by atoms with Crippen molar-refractivity contribution in [3.05, 3.63) is 18.2 Å². The number of hydrogen-bond acceptors (Lipinski definition) is 1. The van der Waals surface area contributed by atoms with Crippen LogP contribution in [-0.4, -0.2) is 14.4 Å². The van der Waals surface area contributed by atoms with E-state index >= 15 is 0 Å². The molecule has 0 bridgehead atoms. The Bertz CT molecular complexity index is 308. The van der Waals surface area contributed by atoms with Gasteiger partial charge in [0, 0.05) is 29.7 Å². The zero-order valence-corrected chi connectivity index (χ0v) is 10.9. The molecule has 2 rings (SSSR count). The average molecular weight is 271 g/mol. The monoisotopic (exact) mass is 270 g/mol. The molecule has 1 aromatic heterocycles. The summed E-state index contributed by atoms with van der Waals surface area (Å²) in [5.41, 5.74) is 0. The Morgan fingerprint density at radius 3 is 3.07 bits per heavy atom. The van der Waals surface area contributed by atoms with Gasteiger partial charge in [-0.15, -0.1) is 0 Å². The molecule has 0 amide bonds. The van der Waals surface area contributed by atoms with E-state index in [0.717, 1.165) is 6.54 Å². The van der Waals surface area contributed by atoms with Crippen molar-refractivity contribution < 1.29 is 0 Å². The third kappa shape index (κ3) is 2.63. The predicted octanol–water partition coefficient (Wildman–Crippen LogP) is 3.71. The summed E-state index contributed by atoms with van der Waals surface area (Å²) in [5, 5.41) is 0. The lowest BCUT2D eigenvalue weighted by atomic mass is 9.99. The van der Waals surface area contributed by atoms with Crippen molar-refractivity contribution in [3.8, 4) is 0 Å². The van der Waals surface area contributed by atoms with Crippen molar-refractivity contribution in [1.29, 1.82) is 0 Å². The Hall–Kier alpha value is -0.310. The van der Waals surface area contributed by atoms with Crippen LogP contribution in [0.2, 0.25) is 0 Å². The van der Waals surface area contributed by atoms with Crippen LogP contribution in [0.1, 0.15) is 50.8 Å². The minimum atomic E-state index is 0.659. The number of halogens is 1. The maximum atomic E-state index is 4.53. The van der Waals surface area contributed by atoms with Gasteiger partial charge in [0.05, 0.1) is 0 Å². The van der Waals surface area contributed by atoms with Crippen LogP contribution in [0.15, 0.2) is 12.4 Å². The molecular formula is C12H19BrN2. The Labute approximate surface area is 100 Å². The number of hydrogen-bond donors (Lipinski definition) is 0. The summed E-state index contributed by atoms with van der Waals surface area (Å²) >= 11 is 3.77. The van der Waals surface area contributed by atoms with Gasteiger partial charge >= 0.3 is 0 Å². The summed E-state index contributed by atoms with van der Waals surface area (Å²) in [6.07, 6.45) is 10.6. The van der Waals surface area contributed by atoms with Gasteiger partial charge in [0.2, 0.25) is 0 Å². The summed E-state index contributed by atoms with van der Waals surface area (Å²) in [5.74, 6) is 1.95. The van der Waals surface area contributed by atoms with E-state index in [1.165, 1.54) is 37.9 Å². The summed E-state index contributed by atoms with van der Waals surface area (Å²) < 4.78 is 2.29. The number of nitrogens with zero attached hydrogens (tertiary/aromatic N) is 2. The fourth-order valence-electron chi connectivity index (χ4n) is 2.48. The molecule has 1 aliphatic carbocycles. The lowest BCUT2D eigenvalue weighted by Crippen LogP contribution is -2.10. The largest absolute Gasteiger partial charge is 0.335 e. The van der Waals surface area contributed by atoms with Crippen LogP contribution in [-0.2, 0) is 6.54 Å². The maximum Gasteiger partial charge on any atom is 0.111 e. The van der Waals surface area contributed by atoms with Crippen LogP contribution < -0.4 is 0 Å². The molecule has 1 heterocycles. The number of alkyl halides is 1. The highest BCUT2D eigenvalue weighted by molar-refractivity contribution is 9.09. The Morgan fingerprint density at radius 1 is 1.47 bits per heavy atom. The molecule has 0 saturated heterocycles. The van der Waals surface area contributed by atoms with Gasteiger partial charge in [-0.05, 0) is 26.2 Å². The minimum absolute atomic E-state index is 0.659. The van der Waals surface area contributed by atoms with Crippen LogP contribution >= 0.6 is 15.9 Å². The van der Waals surface area contributed by atoms with Gasteiger partial charge in [-0.1, -0.05) is 28.8 Å². The van der Waals surface area contributed by atoms with Crippen molar-refractivity contribution in [1.82, 2.24) is 9.55 Å². The van der Waals surface area contributed by atoms with E-state index in [4.69, 9.17) is 0 Å². The molecular weight excluding hydrogens is 252 g/mol. The van der Waals surface area contributed by atoms with Gasteiger partial charge in [-0.3, -0.25) is 0 Å². The third-order valence-corrected chi connectivity index (χ3v) is 4.15. The molecule has 2 nitrogen and oxygen atoms in total. The van der Waals surface area contributed by atoms with Gasteiger partial charge < -0.3 is 4.57 Å². The molecule has 2 unspecified atom stereocenters. The zero-order valence-electron chi connectivity index (χ0n) is 9.32. The van der Waals surface area contributed by atoms with E-state index in [2.05, 4.69) is 38.6 Å². The van der Waals surface area contributed by atoms with E-state index < -0.39 is 0 Å². The average Bonchev–Trinajstić information content (AvgIpc) is 2.61. The highest BCUT2D eigenvalue weighted by Gasteiger charge is 2.22. The van der Waals surface area contributed by atoms with Crippen LogP contribution in [0, 0.1) is 0 Å². The molecule has 0 radical (unpaired) electrons. The topological polar surface area (TPSA) is 17.8 Å². The predicted molar refractivity (Wildman–Crippen MR) is 66.4 cm³/mol. The standard InChI is InChI=1S/C12H19BrN2/c1-2-15-8-7-14-12(15)10-5-3-4-6-11(13)9-10/h7-8,10-11H,2-6,9H2,1H3. The molecule has 1 saturated carbocycles. The summed E-state index contributed by atoms with van der Waals surface area (Å²) in [6.45, 7) is 3.23. The first-order valence-corrected chi connectivity index (χ1v) is 6.88. The van der Waals surface area contributed by atoms with Crippen LogP contribution in [0.25, 0.3) is 0 Å². The van der Waals surface area contributed by atoms with Crippen molar-refractivity contribution in [2.24, 2.45) is 0 Å². The lowest BCUT2D eigenvalue weighted by molar-refractivity contribution is 0.533. The van der Waals surface area contributed by atoms with E-state index in [0.29, 0.717) is 10.7 Å². The number of aromatic nitrogens is 2. The molecule has 3 heteroatoms. The lowest BCUT2D eigenvalue weighted by Gasteiger charge is -2.16.